The number of hydrogen-bond donors (Lipinski definition) is 0. The van der Waals surface area contributed by atoms with E-state index in [0.717, 1.165) is 42.1 Å². The van der Waals surface area contributed by atoms with Crippen LogP contribution in [0.4, 0.5) is 26.3 Å². The van der Waals surface area contributed by atoms with E-state index in [1.165, 1.54) is 6.07 Å². The second-order valence-electron chi connectivity index (χ2n) is 4.64. The van der Waals surface area contributed by atoms with Crippen LogP contribution in [0.2, 0.25) is 0 Å². The molecule has 10 heteroatoms. The molecule has 0 atom stereocenters. The van der Waals surface area contributed by atoms with Crippen molar-refractivity contribution in [1.29, 1.82) is 0 Å². The number of thioether (sulfide) groups is 1. The number of carbonyl (C=O) groups excluding carboxylic acids is 1. The molecular weight excluding hydrogens is 372 g/mol. The van der Waals surface area contributed by atoms with Gasteiger partial charge in [0.15, 0.2) is 0 Å². The van der Waals surface area contributed by atoms with Gasteiger partial charge in [0, 0.05) is 6.20 Å². The van der Waals surface area contributed by atoms with E-state index in [-0.39, 0.29) is 5.03 Å². The minimum atomic E-state index is -4.68. The fraction of sp³-hybridized carbons (Fsp3) is 0.200. The van der Waals surface area contributed by atoms with Crippen LogP contribution in [0.3, 0.4) is 0 Å². The van der Waals surface area contributed by atoms with E-state index in [1.54, 1.807) is 0 Å². The number of benzene rings is 1. The molecular formula is C15H9F6NO2S. The minimum absolute atomic E-state index is 0.106. The Morgan fingerprint density at radius 2 is 1.68 bits per heavy atom. The molecule has 1 heterocycles. The molecule has 2 aromatic rings. The lowest BCUT2D eigenvalue weighted by atomic mass is 10.2. The van der Waals surface area contributed by atoms with E-state index in [0.29, 0.717) is 6.20 Å². The lowest BCUT2D eigenvalue weighted by molar-refractivity contribution is -0.141. The van der Waals surface area contributed by atoms with Crippen molar-refractivity contribution in [1.82, 2.24) is 4.98 Å². The summed E-state index contributed by atoms with van der Waals surface area (Å²) in [5, 5.41) is 0.106. The summed E-state index contributed by atoms with van der Waals surface area (Å²) in [5.74, 6) is -2.03. The zero-order valence-corrected chi connectivity index (χ0v) is 13.0. The van der Waals surface area contributed by atoms with Crippen LogP contribution in [0.25, 0.3) is 0 Å². The van der Waals surface area contributed by atoms with Crippen molar-refractivity contribution < 1.29 is 35.9 Å². The van der Waals surface area contributed by atoms with Crippen molar-refractivity contribution in [2.24, 2.45) is 0 Å². The van der Waals surface area contributed by atoms with Crippen molar-refractivity contribution >= 4 is 17.7 Å². The highest BCUT2D eigenvalue weighted by atomic mass is 32.2. The molecule has 0 bridgehead atoms. The fourth-order valence-electron chi connectivity index (χ4n) is 1.71. The second kappa shape index (κ2) is 7.34. The molecule has 1 aromatic heterocycles. The van der Waals surface area contributed by atoms with Gasteiger partial charge in [-0.05, 0) is 24.3 Å². The van der Waals surface area contributed by atoms with Gasteiger partial charge < -0.3 is 4.74 Å². The maximum Gasteiger partial charge on any atom is 0.419 e. The maximum atomic E-state index is 12.8. The molecule has 0 fully saturated rings. The number of carbonyl (C=O) groups is 1. The minimum Gasteiger partial charge on any atom is -0.425 e. The number of rotatable bonds is 4. The lowest BCUT2D eigenvalue weighted by Crippen LogP contribution is -2.15. The number of esters is 1. The standard InChI is InChI=1S/C15H9F6NO2S/c16-14(17,18)9-5-6-12(22-7-9)25-8-13(23)24-11-4-2-1-3-10(11)15(19,20)21/h1-7H,8H2. The Kier molecular flexibility index (Phi) is 5.61. The van der Waals surface area contributed by atoms with Crippen molar-refractivity contribution in [3.05, 3.63) is 53.7 Å². The van der Waals surface area contributed by atoms with E-state index >= 15 is 0 Å². The van der Waals surface area contributed by atoms with Gasteiger partial charge in [-0.1, -0.05) is 23.9 Å². The molecule has 25 heavy (non-hydrogen) atoms. The number of aromatic nitrogens is 1. The number of ether oxygens (including phenoxy) is 1. The van der Waals surface area contributed by atoms with Gasteiger partial charge >= 0.3 is 18.3 Å². The van der Waals surface area contributed by atoms with Crippen molar-refractivity contribution in [3.63, 3.8) is 0 Å². The van der Waals surface area contributed by atoms with Crippen molar-refractivity contribution in [2.75, 3.05) is 5.75 Å². The molecule has 0 aliphatic carbocycles. The Bertz CT molecular complexity index is 743. The van der Waals surface area contributed by atoms with Crippen LogP contribution in [0.1, 0.15) is 11.1 Å². The maximum absolute atomic E-state index is 12.8. The van der Waals surface area contributed by atoms with Crippen LogP contribution in [-0.4, -0.2) is 16.7 Å². The van der Waals surface area contributed by atoms with Crippen LogP contribution >= 0.6 is 11.8 Å². The number of pyridine rings is 1. The first-order chi connectivity index (χ1) is 11.6. The molecule has 3 nitrogen and oxygen atoms in total. The molecule has 2 rings (SSSR count). The van der Waals surface area contributed by atoms with Gasteiger partial charge in [-0.15, -0.1) is 0 Å². The first-order valence-electron chi connectivity index (χ1n) is 6.60. The topological polar surface area (TPSA) is 39.2 Å². The molecule has 0 radical (unpaired) electrons. The predicted octanol–water partition coefficient (Wildman–Crippen LogP) is 4.82. The quantitative estimate of drug-likeness (QED) is 0.330. The molecule has 0 spiro atoms. The highest BCUT2D eigenvalue weighted by Gasteiger charge is 2.34. The summed E-state index contributed by atoms with van der Waals surface area (Å²) < 4.78 is 80.2. The Morgan fingerprint density at radius 1 is 1.00 bits per heavy atom. The summed E-state index contributed by atoms with van der Waals surface area (Å²) in [7, 11) is 0. The normalized spacial score (nSPS) is 12.1. The summed E-state index contributed by atoms with van der Waals surface area (Å²) >= 11 is 0.746. The van der Waals surface area contributed by atoms with E-state index < -0.39 is 41.0 Å². The van der Waals surface area contributed by atoms with Gasteiger partial charge in [0.1, 0.15) is 5.75 Å². The SMILES string of the molecule is O=C(CSc1ccc(C(F)(F)F)cn1)Oc1ccccc1C(F)(F)F. The van der Waals surface area contributed by atoms with Gasteiger partial charge in [-0.25, -0.2) is 4.98 Å². The van der Waals surface area contributed by atoms with Crippen molar-refractivity contribution in [2.45, 2.75) is 17.4 Å². The number of alkyl halides is 6. The molecule has 0 N–H and O–H groups in total. The Hall–Kier alpha value is -2.23. The molecule has 0 amide bonds. The Balaban J connectivity index is 1.98. The van der Waals surface area contributed by atoms with Gasteiger partial charge in [0.2, 0.25) is 0 Å². The third-order valence-corrected chi connectivity index (χ3v) is 3.74. The summed E-state index contributed by atoms with van der Waals surface area (Å²) in [6.45, 7) is 0. The summed E-state index contributed by atoms with van der Waals surface area (Å²) in [6.07, 6.45) is -8.61. The molecule has 0 saturated carbocycles. The number of para-hydroxylation sites is 1. The zero-order chi connectivity index (χ0) is 18.7. The zero-order valence-electron chi connectivity index (χ0n) is 12.2. The smallest absolute Gasteiger partial charge is 0.419 e. The second-order valence-corrected chi connectivity index (χ2v) is 5.64. The summed E-state index contributed by atoms with van der Waals surface area (Å²) in [6, 6.07) is 6.06. The largest absolute Gasteiger partial charge is 0.425 e. The first-order valence-corrected chi connectivity index (χ1v) is 7.59. The average molecular weight is 381 g/mol. The van der Waals surface area contributed by atoms with Crippen LogP contribution in [-0.2, 0) is 17.1 Å². The molecule has 0 unspecified atom stereocenters. The van der Waals surface area contributed by atoms with E-state index in [1.807, 2.05) is 0 Å². The number of halogens is 6. The van der Waals surface area contributed by atoms with Crippen LogP contribution in [0.15, 0.2) is 47.6 Å². The molecule has 0 aliphatic heterocycles. The monoisotopic (exact) mass is 381 g/mol. The fourth-order valence-corrected chi connectivity index (χ4v) is 2.32. The van der Waals surface area contributed by atoms with Gasteiger partial charge in [0.25, 0.3) is 0 Å². The van der Waals surface area contributed by atoms with Crippen LogP contribution in [0, 0.1) is 0 Å². The third-order valence-electron chi connectivity index (χ3n) is 2.82. The number of nitrogens with zero attached hydrogens (tertiary/aromatic N) is 1. The summed E-state index contributed by atoms with van der Waals surface area (Å²) in [4.78, 5) is 15.2. The summed E-state index contributed by atoms with van der Waals surface area (Å²) in [5.41, 5.74) is -2.04. The van der Waals surface area contributed by atoms with Crippen LogP contribution < -0.4 is 4.74 Å². The third kappa shape index (κ3) is 5.38. The molecule has 134 valence electrons. The molecule has 0 aliphatic rings. The van der Waals surface area contributed by atoms with Crippen molar-refractivity contribution in [3.8, 4) is 5.75 Å². The highest BCUT2D eigenvalue weighted by Crippen LogP contribution is 2.36. The van der Waals surface area contributed by atoms with Gasteiger partial charge in [-0.3, -0.25) is 4.79 Å². The Morgan fingerprint density at radius 3 is 2.24 bits per heavy atom. The lowest BCUT2D eigenvalue weighted by Gasteiger charge is -2.12. The van der Waals surface area contributed by atoms with Gasteiger partial charge in [-0.2, -0.15) is 26.3 Å². The van der Waals surface area contributed by atoms with Gasteiger partial charge in [0.05, 0.1) is 21.9 Å². The highest BCUT2D eigenvalue weighted by molar-refractivity contribution is 7.99. The van der Waals surface area contributed by atoms with Crippen LogP contribution in [0.5, 0.6) is 5.75 Å². The predicted molar refractivity (Wildman–Crippen MR) is 77.0 cm³/mol. The molecule has 0 saturated heterocycles. The van der Waals surface area contributed by atoms with E-state index in [9.17, 15) is 31.1 Å². The molecule has 1 aromatic carbocycles. The average Bonchev–Trinajstić information content (AvgIpc) is 2.52. The van der Waals surface area contributed by atoms with E-state index in [2.05, 4.69) is 9.72 Å². The van der Waals surface area contributed by atoms with E-state index in [4.69, 9.17) is 0 Å². The Labute approximate surface area is 142 Å². The first kappa shape index (κ1) is 19.1. The number of hydrogen-bond acceptors (Lipinski definition) is 4.